The van der Waals surface area contributed by atoms with Gasteiger partial charge >= 0.3 is 0 Å². The Morgan fingerprint density at radius 1 is 0.864 bits per heavy atom. The lowest BCUT2D eigenvalue weighted by molar-refractivity contribution is 0.438. The third-order valence-electron chi connectivity index (χ3n) is 4.35. The average Bonchev–Trinajstić information content (AvgIpc) is 2.56. The zero-order valence-corrected chi connectivity index (χ0v) is 13.6. The number of nitrogens with zero attached hydrogens (tertiary/aromatic N) is 1. The minimum absolute atomic E-state index is 0.342. The molecule has 1 saturated heterocycles. The minimum Gasteiger partial charge on any atom is -0.372 e. The number of hydrogen-bond donors (Lipinski definition) is 0. The molecular formula is C18H21NO2S. The van der Waals surface area contributed by atoms with E-state index in [-0.39, 0.29) is 0 Å². The summed E-state index contributed by atoms with van der Waals surface area (Å²) in [5, 5.41) is 0. The first-order valence-corrected chi connectivity index (χ1v) is 9.21. The van der Waals surface area contributed by atoms with E-state index in [1.54, 1.807) is 36.4 Å². The summed E-state index contributed by atoms with van der Waals surface area (Å²) in [6.45, 7) is 4.38. The lowest BCUT2D eigenvalue weighted by atomic mass is 9.99. The maximum absolute atomic E-state index is 12.6. The molecule has 1 aliphatic rings. The summed E-state index contributed by atoms with van der Waals surface area (Å²) in [5.74, 6) is 0.786. The first kappa shape index (κ1) is 15.1. The van der Waals surface area contributed by atoms with Crippen molar-refractivity contribution in [3.63, 3.8) is 0 Å². The molecule has 0 N–H and O–H groups in total. The van der Waals surface area contributed by atoms with Crippen molar-refractivity contribution in [2.45, 2.75) is 29.6 Å². The van der Waals surface area contributed by atoms with Crippen LogP contribution in [0.2, 0.25) is 0 Å². The molecule has 0 amide bonds. The van der Waals surface area contributed by atoms with Gasteiger partial charge in [0, 0.05) is 18.8 Å². The van der Waals surface area contributed by atoms with Crippen LogP contribution in [0.3, 0.4) is 0 Å². The molecule has 0 bridgehead atoms. The molecule has 1 aliphatic heterocycles. The molecule has 0 radical (unpaired) electrons. The van der Waals surface area contributed by atoms with Crippen LogP contribution in [-0.4, -0.2) is 21.5 Å². The Morgan fingerprint density at radius 3 is 2.00 bits per heavy atom. The van der Waals surface area contributed by atoms with E-state index in [0.717, 1.165) is 24.7 Å². The summed E-state index contributed by atoms with van der Waals surface area (Å²) in [5.41, 5.74) is 1.11. The maximum atomic E-state index is 12.6. The summed E-state index contributed by atoms with van der Waals surface area (Å²) in [4.78, 5) is 3.03. The molecular weight excluding hydrogens is 294 g/mol. The van der Waals surface area contributed by atoms with Crippen molar-refractivity contribution < 1.29 is 8.42 Å². The molecule has 0 saturated carbocycles. The van der Waals surface area contributed by atoms with Crippen LogP contribution in [0.5, 0.6) is 0 Å². The number of anilines is 1. The second kappa shape index (κ2) is 6.13. The van der Waals surface area contributed by atoms with Gasteiger partial charge in [-0.15, -0.1) is 0 Å². The Bertz CT molecular complexity index is 715. The van der Waals surface area contributed by atoms with Gasteiger partial charge in [-0.1, -0.05) is 25.1 Å². The lowest BCUT2D eigenvalue weighted by Crippen LogP contribution is -2.32. The van der Waals surface area contributed by atoms with Gasteiger partial charge in [-0.3, -0.25) is 0 Å². The molecule has 0 aromatic heterocycles. The molecule has 0 atom stereocenters. The van der Waals surface area contributed by atoms with Crippen molar-refractivity contribution in [2.75, 3.05) is 18.0 Å². The third-order valence-corrected chi connectivity index (χ3v) is 6.13. The summed E-state index contributed by atoms with van der Waals surface area (Å²) in [7, 11) is -3.41. The predicted octanol–water partition coefficient (Wildman–Crippen LogP) is 3.76. The van der Waals surface area contributed by atoms with Gasteiger partial charge in [-0.2, -0.15) is 0 Å². The van der Waals surface area contributed by atoms with Gasteiger partial charge in [-0.05, 0) is 55.2 Å². The quantitative estimate of drug-likeness (QED) is 0.865. The van der Waals surface area contributed by atoms with Crippen LogP contribution in [0.1, 0.15) is 19.8 Å². The van der Waals surface area contributed by atoms with Gasteiger partial charge in [0.15, 0.2) is 0 Å². The molecule has 1 heterocycles. The largest absolute Gasteiger partial charge is 0.372 e. The van der Waals surface area contributed by atoms with Gasteiger partial charge in [-0.25, -0.2) is 8.42 Å². The lowest BCUT2D eigenvalue weighted by Gasteiger charge is -2.32. The Labute approximate surface area is 132 Å². The predicted molar refractivity (Wildman–Crippen MR) is 88.9 cm³/mol. The Kier molecular flexibility index (Phi) is 4.21. The van der Waals surface area contributed by atoms with Crippen LogP contribution >= 0.6 is 0 Å². The van der Waals surface area contributed by atoms with Crippen molar-refractivity contribution in [3.8, 4) is 0 Å². The SMILES string of the molecule is CC1CCN(c2ccc(S(=O)(=O)c3ccccc3)cc2)CC1. The molecule has 4 heteroatoms. The van der Waals surface area contributed by atoms with Crippen molar-refractivity contribution in [2.24, 2.45) is 5.92 Å². The number of sulfone groups is 1. The van der Waals surface area contributed by atoms with Crippen LogP contribution in [0.25, 0.3) is 0 Å². The van der Waals surface area contributed by atoms with E-state index in [4.69, 9.17) is 0 Å². The zero-order chi connectivity index (χ0) is 15.6. The molecule has 0 unspecified atom stereocenters. The van der Waals surface area contributed by atoms with E-state index < -0.39 is 9.84 Å². The van der Waals surface area contributed by atoms with E-state index >= 15 is 0 Å². The van der Waals surface area contributed by atoms with E-state index in [1.807, 2.05) is 18.2 Å². The van der Waals surface area contributed by atoms with E-state index in [0.29, 0.717) is 9.79 Å². The molecule has 22 heavy (non-hydrogen) atoms. The second-order valence-electron chi connectivity index (χ2n) is 5.98. The monoisotopic (exact) mass is 315 g/mol. The topological polar surface area (TPSA) is 37.4 Å². The highest BCUT2D eigenvalue weighted by molar-refractivity contribution is 7.91. The molecule has 3 rings (SSSR count). The molecule has 116 valence electrons. The van der Waals surface area contributed by atoms with Crippen molar-refractivity contribution in [1.29, 1.82) is 0 Å². The summed E-state index contributed by atoms with van der Waals surface area (Å²) in [6, 6.07) is 15.9. The first-order chi connectivity index (χ1) is 10.6. The van der Waals surface area contributed by atoms with Crippen molar-refractivity contribution in [1.82, 2.24) is 0 Å². The Morgan fingerprint density at radius 2 is 1.41 bits per heavy atom. The van der Waals surface area contributed by atoms with Crippen LogP contribution in [-0.2, 0) is 9.84 Å². The van der Waals surface area contributed by atoms with Gasteiger partial charge in [0.1, 0.15) is 0 Å². The van der Waals surface area contributed by atoms with Crippen LogP contribution < -0.4 is 4.90 Å². The number of rotatable bonds is 3. The smallest absolute Gasteiger partial charge is 0.206 e. The summed E-state index contributed by atoms with van der Waals surface area (Å²) < 4.78 is 25.1. The van der Waals surface area contributed by atoms with Gasteiger partial charge in [0.2, 0.25) is 9.84 Å². The zero-order valence-electron chi connectivity index (χ0n) is 12.8. The van der Waals surface area contributed by atoms with Crippen LogP contribution in [0.4, 0.5) is 5.69 Å². The Balaban J connectivity index is 1.83. The fourth-order valence-electron chi connectivity index (χ4n) is 2.84. The molecule has 2 aromatic rings. The molecule has 0 spiro atoms. The molecule has 2 aromatic carbocycles. The average molecular weight is 315 g/mol. The highest BCUT2D eigenvalue weighted by Crippen LogP contribution is 2.26. The standard InChI is InChI=1S/C18H21NO2S/c1-15-11-13-19(14-12-15)16-7-9-18(10-8-16)22(20,21)17-5-3-2-4-6-17/h2-10,15H,11-14H2,1H3. The normalized spacial score (nSPS) is 16.7. The van der Waals surface area contributed by atoms with Gasteiger partial charge < -0.3 is 4.90 Å². The Hall–Kier alpha value is -1.81. The number of piperidine rings is 1. The summed E-state index contributed by atoms with van der Waals surface area (Å²) in [6.07, 6.45) is 2.40. The van der Waals surface area contributed by atoms with Crippen LogP contribution in [0.15, 0.2) is 64.4 Å². The van der Waals surface area contributed by atoms with E-state index in [2.05, 4.69) is 11.8 Å². The number of benzene rings is 2. The first-order valence-electron chi connectivity index (χ1n) is 7.72. The van der Waals surface area contributed by atoms with E-state index in [9.17, 15) is 8.42 Å². The van der Waals surface area contributed by atoms with Gasteiger partial charge in [0.25, 0.3) is 0 Å². The third kappa shape index (κ3) is 3.02. The molecule has 3 nitrogen and oxygen atoms in total. The fraction of sp³-hybridized carbons (Fsp3) is 0.333. The van der Waals surface area contributed by atoms with Crippen molar-refractivity contribution in [3.05, 3.63) is 54.6 Å². The highest BCUT2D eigenvalue weighted by Gasteiger charge is 2.19. The second-order valence-corrected chi connectivity index (χ2v) is 7.93. The summed E-state index contributed by atoms with van der Waals surface area (Å²) >= 11 is 0. The van der Waals surface area contributed by atoms with Crippen molar-refractivity contribution >= 4 is 15.5 Å². The minimum atomic E-state index is -3.41. The molecule has 1 fully saturated rings. The fourth-order valence-corrected chi connectivity index (χ4v) is 4.12. The van der Waals surface area contributed by atoms with Gasteiger partial charge in [0.05, 0.1) is 9.79 Å². The van der Waals surface area contributed by atoms with Crippen LogP contribution in [0, 0.1) is 5.92 Å². The maximum Gasteiger partial charge on any atom is 0.206 e. The molecule has 0 aliphatic carbocycles. The number of hydrogen-bond acceptors (Lipinski definition) is 3. The highest BCUT2D eigenvalue weighted by atomic mass is 32.2. The van der Waals surface area contributed by atoms with E-state index in [1.165, 1.54) is 12.8 Å².